The van der Waals surface area contributed by atoms with E-state index >= 15 is 0 Å². The van der Waals surface area contributed by atoms with Crippen LogP contribution >= 0.6 is 0 Å². The van der Waals surface area contributed by atoms with Crippen LogP contribution in [0, 0.1) is 0 Å². The highest BCUT2D eigenvalue weighted by atomic mass is 32.2. The molecular formula is C20H21F3N2O4S. The minimum atomic E-state index is -4.54. The Kier molecular flexibility index (Phi) is 6.21. The Morgan fingerprint density at radius 2 is 1.70 bits per heavy atom. The second-order valence-electron chi connectivity index (χ2n) is 7.14. The van der Waals surface area contributed by atoms with Gasteiger partial charge in [-0.25, -0.2) is 8.42 Å². The smallest absolute Gasteiger partial charge is 0.373 e. The first kappa shape index (κ1) is 22.3. The number of rotatable bonds is 4. The quantitative estimate of drug-likeness (QED) is 0.783. The molecule has 3 rings (SSSR count). The number of ether oxygens (including phenoxy) is 1. The molecule has 30 heavy (non-hydrogen) atoms. The molecule has 2 aromatic carbocycles. The van der Waals surface area contributed by atoms with E-state index in [1.165, 1.54) is 40.7 Å². The predicted molar refractivity (Wildman–Crippen MR) is 105 cm³/mol. The van der Waals surface area contributed by atoms with E-state index in [1.807, 2.05) is 0 Å². The second kappa shape index (κ2) is 8.37. The van der Waals surface area contributed by atoms with Crippen LogP contribution in [-0.4, -0.2) is 43.9 Å². The Morgan fingerprint density at radius 1 is 1.07 bits per heavy atom. The number of benzene rings is 2. The molecule has 1 heterocycles. The maximum absolute atomic E-state index is 13.0. The number of amides is 1. The molecule has 0 spiro atoms. The first-order valence-corrected chi connectivity index (χ1v) is 10.6. The third-order valence-corrected chi connectivity index (χ3v) is 6.40. The van der Waals surface area contributed by atoms with Crippen LogP contribution in [0.1, 0.15) is 29.8 Å². The van der Waals surface area contributed by atoms with Crippen molar-refractivity contribution >= 4 is 21.6 Å². The number of nitrogens with zero attached hydrogens (tertiary/aromatic N) is 1. The Balaban J connectivity index is 1.82. The third kappa shape index (κ3) is 5.00. The molecule has 1 amide bonds. The molecule has 0 aromatic heterocycles. The largest absolute Gasteiger partial charge is 0.416 e. The van der Waals surface area contributed by atoms with Crippen molar-refractivity contribution in [1.29, 1.82) is 0 Å². The third-order valence-electron chi connectivity index (χ3n) is 4.57. The van der Waals surface area contributed by atoms with E-state index in [1.54, 1.807) is 13.8 Å². The first-order chi connectivity index (χ1) is 14.0. The molecule has 0 saturated carbocycles. The van der Waals surface area contributed by atoms with E-state index < -0.39 is 27.7 Å². The van der Waals surface area contributed by atoms with Crippen LogP contribution in [0.5, 0.6) is 0 Å². The van der Waals surface area contributed by atoms with Gasteiger partial charge in [-0.05, 0) is 50.2 Å². The average molecular weight is 442 g/mol. The molecule has 0 unspecified atom stereocenters. The number of alkyl halides is 3. The highest BCUT2D eigenvalue weighted by molar-refractivity contribution is 7.89. The molecule has 1 saturated heterocycles. The van der Waals surface area contributed by atoms with Crippen LogP contribution in [0.25, 0.3) is 0 Å². The van der Waals surface area contributed by atoms with Gasteiger partial charge in [-0.2, -0.15) is 17.5 Å². The zero-order chi connectivity index (χ0) is 22.1. The molecule has 6 nitrogen and oxygen atoms in total. The van der Waals surface area contributed by atoms with Crippen molar-refractivity contribution < 1.29 is 31.1 Å². The number of carbonyl (C=O) groups is 1. The van der Waals surface area contributed by atoms with E-state index in [2.05, 4.69) is 5.32 Å². The number of carbonyl (C=O) groups excluding carboxylic acids is 1. The van der Waals surface area contributed by atoms with Gasteiger partial charge in [0.15, 0.2) is 0 Å². The number of nitrogens with one attached hydrogen (secondary N) is 1. The minimum absolute atomic E-state index is 0.0165. The van der Waals surface area contributed by atoms with Crippen LogP contribution in [0.2, 0.25) is 0 Å². The molecule has 2 aromatic rings. The lowest BCUT2D eigenvalue weighted by molar-refractivity contribution is -0.137. The van der Waals surface area contributed by atoms with Gasteiger partial charge < -0.3 is 10.1 Å². The summed E-state index contributed by atoms with van der Waals surface area (Å²) >= 11 is 0. The summed E-state index contributed by atoms with van der Waals surface area (Å²) in [7, 11) is -3.86. The SMILES string of the molecule is C[C@@H]1CN(S(=O)(=O)c2cccc(C(=O)Nc3cccc(C(F)(F)F)c3)c2)C[C@H](C)O1. The lowest BCUT2D eigenvalue weighted by Crippen LogP contribution is -2.48. The number of hydrogen-bond acceptors (Lipinski definition) is 4. The Bertz CT molecular complexity index is 1030. The standard InChI is InChI=1S/C20H21F3N2O4S/c1-13-11-25(12-14(2)29-13)30(27,28)18-8-3-5-15(9-18)19(26)24-17-7-4-6-16(10-17)20(21,22)23/h3-10,13-14H,11-12H2,1-2H3,(H,24,26)/t13-,14+. The number of morpholine rings is 1. The van der Waals surface area contributed by atoms with E-state index in [0.717, 1.165) is 12.1 Å². The summed E-state index contributed by atoms with van der Waals surface area (Å²) in [4.78, 5) is 12.4. The van der Waals surface area contributed by atoms with Crippen LogP contribution in [-0.2, 0) is 20.9 Å². The van der Waals surface area contributed by atoms with E-state index in [-0.39, 0.29) is 41.4 Å². The topological polar surface area (TPSA) is 75.7 Å². The summed E-state index contributed by atoms with van der Waals surface area (Å²) < 4.78 is 71.4. The maximum Gasteiger partial charge on any atom is 0.416 e. The molecule has 162 valence electrons. The van der Waals surface area contributed by atoms with Crippen LogP contribution in [0.4, 0.5) is 18.9 Å². The molecule has 0 bridgehead atoms. The lowest BCUT2D eigenvalue weighted by Gasteiger charge is -2.34. The second-order valence-corrected chi connectivity index (χ2v) is 9.08. The molecule has 1 aliphatic rings. The number of hydrogen-bond donors (Lipinski definition) is 1. The molecule has 0 radical (unpaired) electrons. The fourth-order valence-corrected chi connectivity index (χ4v) is 4.89. The summed E-state index contributed by atoms with van der Waals surface area (Å²) in [6, 6.07) is 9.62. The van der Waals surface area contributed by atoms with Gasteiger partial charge in [0.25, 0.3) is 5.91 Å². The molecule has 1 fully saturated rings. The van der Waals surface area contributed by atoms with Gasteiger partial charge in [-0.3, -0.25) is 4.79 Å². The maximum atomic E-state index is 13.0. The first-order valence-electron chi connectivity index (χ1n) is 9.21. The zero-order valence-corrected chi connectivity index (χ0v) is 17.1. The van der Waals surface area contributed by atoms with Crippen molar-refractivity contribution in [1.82, 2.24) is 4.31 Å². The fourth-order valence-electron chi connectivity index (χ4n) is 3.25. The Morgan fingerprint density at radius 3 is 2.33 bits per heavy atom. The van der Waals surface area contributed by atoms with E-state index in [0.29, 0.717) is 0 Å². The molecule has 1 aliphatic heterocycles. The predicted octanol–water partition coefficient (Wildman–Crippen LogP) is 3.76. The number of sulfonamides is 1. The normalized spacial score (nSPS) is 20.7. The fraction of sp³-hybridized carbons (Fsp3) is 0.350. The van der Waals surface area contributed by atoms with Gasteiger partial charge in [0.1, 0.15) is 0 Å². The van der Waals surface area contributed by atoms with E-state index in [4.69, 9.17) is 4.74 Å². The Labute approximate surface area is 172 Å². The van der Waals surface area contributed by atoms with Gasteiger partial charge >= 0.3 is 6.18 Å². The van der Waals surface area contributed by atoms with Crippen molar-refractivity contribution in [3.63, 3.8) is 0 Å². The highest BCUT2D eigenvalue weighted by Gasteiger charge is 2.33. The summed E-state index contributed by atoms with van der Waals surface area (Å²) in [5, 5.41) is 2.38. The van der Waals surface area contributed by atoms with Crippen molar-refractivity contribution in [2.75, 3.05) is 18.4 Å². The number of halogens is 3. The van der Waals surface area contributed by atoms with Gasteiger partial charge in [0.05, 0.1) is 22.7 Å². The van der Waals surface area contributed by atoms with Gasteiger partial charge in [0.2, 0.25) is 10.0 Å². The summed E-state index contributed by atoms with van der Waals surface area (Å²) in [6.07, 6.45) is -5.08. The highest BCUT2D eigenvalue weighted by Crippen LogP contribution is 2.31. The zero-order valence-electron chi connectivity index (χ0n) is 16.3. The summed E-state index contributed by atoms with van der Waals surface area (Å²) in [5.74, 6) is -0.713. The van der Waals surface area contributed by atoms with Gasteiger partial charge in [0, 0.05) is 24.3 Å². The molecule has 1 N–H and O–H groups in total. The average Bonchev–Trinajstić information content (AvgIpc) is 2.67. The monoisotopic (exact) mass is 442 g/mol. The minimum Gasteiger partial charge on any atom is -0.373 e. The molecule has 2 atom stereocenters. The van der Waals surface area contributed by atoms with Gasteiger partial charge in [-0.1, -0.05) is 12.1 Å². The molecule has 0 aliphatic carbocycles. The van der Waals surface area contributed by atoms with Crippen LogP contribution in [0.3, 0.4) is 0 Å². The molecule has 10 heteroatoms. The lowest BCUT2D eigenvalue weighted by atomic mass is 10.1. The summed E-state index contributed by atoms with van der Waals surface area (Å²) in [6.45, 7) is 3.93. The van der Waals surface area contributed by atoms with E-state index in [9.17, 15) is 26.4 Å². The molecular weight excluding hydrogens is 421 g/mol. The van der Waals surface area contributed by atoms with Crippen molar-refractivity contribution in [2.45, 2.75) is 37.1 Å². The van der Waals surface area contributed by atoms with Crippen molar-refractivity contribution in [2.24, 2.45) is 0 Å². The van der Waals surface area contributed by atoms with Crippen LogP contribution in [0.15, 0.2) is 53.4 Å². The Hall–Kier alpha value is -2.43. The van der Waals surface area contributed by atoms with Gasteiger partial charge in [-0.15, -0.1) is 0 Å². The van der Waals surface area contributed by atoms with Crippen LogP contribution < -0.4 is 5.32 Å². The van der Waals surface area contributed by atoms with Crippen molar-refractivity contribution in [3.05, 3.63) is 59.7 Å². The van der Waals surface area contributed by atoms with Crippen molar-refractivity contribution in [3.8, 4) is 0 Å². The summed E-state index contributed by atoms with van der Waals surface area (Å²) in [5.41, 5.74) is -0.922. The number of anilines is 1.